The van der Waals surface area contributed by atoms with Crippen LogP contribution in [-0.2, 0) is 17.8 Å². The number of aryl methyl sites for hydroxylation is 1. The summed E-state index contributed by atoms with van der Waals surface area (Å²) in [6.45, 7) is 7.33. The van der Waals surface area contributed by atoms with Crippen LogP contribution in [0.4, 0.5) is 4.39 Å². The number of rotatable bonds is 6. The molecule has 0 saturated carbocycles. The summed E-state index contributed by atoms with van der Waals surface area (Å²) >= 11 is 0. The zero-order valence-electron chi connectivity index (χ0n) is 17.9. The van der Waals surface area contributed by atoms with Gasteiger partial charge in [-0.05, 0) is 31.0 Å². The lowest BCUT2D eigenvalue weighted by Gasteiger charge is -2.35. The molecule has 0 radical (unpaired) electrons. The monoisotopic (exact) mass is 422 g/mol. The minimum Gasteiger partial charge on any atom is -0.340 e. The molecule has 0 bridgehead atoms. The Kier molecular flexibility index (Phi) is 6.42. The molecule has 0 spiro atoms. The summed E-state index contributed by atoms with van der Waals surface area (Å²) < 4.78 is 18.8. The van der Waals surface area contributed by atoms with Crippen LogP contribution in [0.3, 0.4) is 0 Å². The zero-order valence-corrected chi connectivity index (χ0v) is 17.9. The highest BCUT2D eigenvalue weighted by atomic mass is 19.1. The Hall–Kier alpha value is -3.06. The van der Waals surface area contributed by atoms with Gasteiger partial charge in [0.2, 0.25) is 17.6 Å². The van der Waals surface area contributed by atoms with Gasteiger partial charge < -0.3 is 9.42 Å². The predicted molar refractivity (Wildman–Crippen MR) is 116 cm³/mol. The Morgan fingerprint density at radius 1 is 1.13 bits per heavy atom. The largest absolute Gasteiger partial charge is 0.340 e. The topological polar surface area (TPSA) is 62.5 Å². The van der Waals surface area contributed by atoms with E-state index in [9.17, 15) is 9.18 Å². The summed E-state index contributed by atoms with van der Waals surface area (Å²) in [6.07, 6.45) is 0.542. The van der Waals surface area contributed by atoms with Crippen LogP contribution < -0.4 is 0 Å². The highest BCUT2D eigenvalue weighted by Crippen LogP contribution is 2.18. The number of piperazine rings is 1. The first-order valence-corrected chi connectivity index (χ1v) is 10.6. The van der Waals surface area contributed by atoms with Crippen LogP contribution in [0.5, 0.6) is 0 Å². The molecule has 4 rings (SSSR count). The number of nitrogens with zero attached hydrogens (tertiary/aromatic N) is 4. The minimum absolute atomic E-state index is 0.114. The fourth-order valence-electron chi connectivity index (χ4n) is 3.87. The van der Waals surface area contributed by atoms with Gasteiger partial charge in [0.25, 0.3) is 0 Å². The van der Waals surface area contributed by atoms with E-state index in [0.29, 0.717) is 37.8 Å². The minimum atomic E-state index is -0.266. The van der Waals surface area contributed by atoms with Crippen molar-refractivity contribution in [2.75, 3.05) is 26.2 Å². The number of carbonyl (C=O) groups is 1. The molecule has 7 heteroatoms. The van der Waals surface area contributed by atoms with Gasteiger partial charge in [-0.25, -0.2) is 4.39 Å². The normalized spacial score (nSPS) is 15.8. The van der Waals surface area contributed by atoms with Gasteiger partial charge in [-0.2, -0.15) is 4.98 Å². The molecule has 31 heavy (non-hydrogen) atoms. The first-order chi connectivity index (χ1) is 15.0. The second kappa shape index (κ2) is 9.39. The third-order valence-corrected chi connectivity index (χ3v) is 5.67. The van der Waals surface area contributed by atoms with Gasteiger partial charge in [-0.3, -0.25) is 9.69 Å². The molecule has 2 aromatic carbocycles. The average Bonchev–Trinajstić information content (AvgIpc) is 3.23. The molecule has 1 unspecified atom stereocenters. The Bertz CT molecular complexity index is 1030. The van der Waals surface area contributed by atoms with Gasteiger partial charge >= 0.3 is 0 Å². The Balaban J connectivity index is 1.27. The van der Waals surface area contributed by atoms with Crippen molar-refractivity contribution in [3.8, 4) is 11.4 Å². The predicted octanol–water partition coefficient (Wildman–Crippen LogP) is 3.71. The average molecular weight is 423 g/mol. The molecule has 2 heterocycles. The van der Waals surface area contributed by atoms with Crippen LogP contribution in [-0.4, -0.2) is 52.0 Å². The van der Waals surface area contributed by atoms with Gasteiger partial charge in [-0.15, -0.1) is 0 Å². The van der Waals surface area contributed by atoms with E-state index < -0.39 is 0 Å². The summed E-state index contributed by atoms with van der Waals surface area (Å²) in [6, 6.07) is 14.5. The van der Waals surface area contributed by atoms with E-state index in [1.807, 2.05) is 49.1 Å². The van der Waals surface area contributed by atoms with Gasteiger partial charge in [0.1, 0.15) is 5.82 Å². The molecule has 1 aromatic heterocycles. The SMILES string of the molecule is Cc1ccc(-c2noc(CN3CCN(C(=O)C(C)Cc4cccc(F)c4)CC3)n2)cc1. The van der Waals surface area contributed by atoms with Crippen molar-refractivity contribution in [2.45, 2.75) is 26.8 Å². The van der Waals surface area contributed by atoms with E-state index in [1.54, 1.807) is 6.07 Å². The van der Waals surface area contributed by atoms with Gasteiger partial charge in [0.05, 0.1) is 6.54 Å². The van der Waals surface area contributed by atoms with Crippen molar-refractivity contribution in [1.29, 1.82) is 0 Å². The highest BCUT2D eigenvalue weighted by Gasteiger charge is 2.26. The molecular weight excluding hydrogens is 395 g/mol. The van der Waals surface area contributed by atoms with Crippen molar-refractivity contribution in [3.63, 3.8) is 0 Å². The van der Waals surface area contributed by atoms with Crippen molar-refractivity contribution >= 4 is 5.91 Å². The molecule has 3 aromatic rings. The Morgan fingerprint density at radius 2 is 1.87 bits per heavy atom. The summed E-state index contributed by atoms with van der Waals surface area (Å²) in [4.78, 5) is 21.4. The van der Waals surface area contributed by atoms with Crippen LogP contribution in [0.15, 0.2) is 53.1 Å². The maximum Gasteiger partial charge on any atom is 0.241 e. The summed E-state index contributed by atoms with van der Waals surface area (Å²) in [5.74, 6) is 0.840. The van der Waals surface area contributed by atoms with Crippen LogP contribution in [0.2, 0.25) is 0 Å². The van der Waals surface area contributed by atoms with Crippen molar-refractivity contribution < 1.29 is 13.7 Å². The molecule has 1 saturated heterocycles. The van der Waals surface area contributed by atoms with Crippen molar-refractivity contribution in [3.05, 3.63) is 71.4 Å². The maximum atomic E-state index is 13.4. The summed E-state index contributed by atoms with van der Waals surface area (Å²) in [7, 11) is 0. The summed E-state index contributed by atoms with van der Waals surface area (Å²) in [5, 5.41) is 4.09. The van der Waals surface area contributed by atoms with Gasteiger partial charge in [0, 0.05) is 37.7 Å². The van der Waals surface area contributed by atoms with Gasteiger partial charge in [0.15, 0.2) is 0 Å². The van der Waals surface area contributed by atoms with E-state index in [0.717, 1.165) is 24.2 Å². The van der Waals surface area contributed by atoms with Gasteiger partial charge in [-0.1, -0.05) is 54.0 Å². The van der Waals surface area contributed by atoms with Crippen LogP contribution >= 0.6 is 0 Å². The summed E-state index contributed by atoms with van der Waals surface area (Å²) in [5.41, 5.74) is 2.97. The number of halogens is 1. The fraction of sp³-hybridized carbons (Fsp3) is 0.375. The van der Waals surface area contributed by atoms with E-state index in [4.69, 9.17) is 4.52 Å². The lowest BCUT2D eigenvalue weighted by atomic mass is 9.99. The van der Waals surface area contributed by atoms with E-state index in [2.05, 4.69) is 15.0 Å². The number of carbonyl (C=O) groups excluding carboxylic acids is 1. The molecule has 0 aliphatic carbocycles. The molecule has 6 nitrogen and oxygen atoms in total. The first-order valence-electron chi connectivity index (χ1n) is 10.6. The molecule has 1 aliphatic rings. The van der Waals surface area contributed by atoms with Crippen molar-refractivity contribution in [1.82, 2.24) is 19.9 Å². The standard InChI is InChI=1S/C24H27FN4O2/c1-17-6-8-20(9-7-17)23-26-22(31-27-23)16-28-10-12-29(13-11-28)24(30)18(2)14-19-4-3-5-21(25)15-19/h3-9,15,18H,10-14,16H2,1-2H3. The van der Waals surface area contributed by atoms with E-state index in [1.165, 1.54) is 17.7 Å². The van der Waals surface area contributed by atoms with Crippen LogP contribution in [0, 0.1) is 18.7 Å². The van der Waals surface area contributed by atoms with E-state index >= 15 is 0 Å². The molecular formula is C24H27FN4O2. The molecule has 162 valence electrons. The van der Waals surface area contributed by atoms with Crippen LogP contribution in [0.25, 0.3) is 11.4 Å². The fourth-order valence-corrected chi connectivity index (χ4v) is 3.87. The molecule has 1 aliphatic heterocycles. The first kappa shape index (κ1) is 21.2. The highest BCUT2D eigenvalue weighted by molar-refractivity contribution is 5.79. The maximum absolute atomic E-state index is 13.4. The molecule has 1 fully saturated rings. The lowest BCUT2D eigenvalue weighted by molar-refractivity contribution is -0.136. The number of benzene rings is 2. The lowest BCUT2D eigenvalue weighted by Crippen LogP contribution is -2.49. The Morgan fingerprint density at radius 3 is 2.58 bits per heavy atom. The number of aromatic nitrogens is 2. The van der Waals surface area contributed by atoms with Crippen LogP contribution in [0.1, 0.15) is 23.9 Å². The number of hydrogen-bond acceptors (Lipinski definition) is 5. The Labute approximate surface area is 181 Å². The zero-order chi connectivity index (χ0) is 21.8. The molecule has 0 N–H and O–H groups in total. The van der Waals surface area contributed by atoms with Crippen molar-refractivity contribution in [2.24, 2.45) is 5.92 Å². The third kappa shape index (κ3) is 5.35. The second-order valence-corrected chi connectivity index (χ2v) is 8.21. The smallest absolute Gasteiger partial charge is 0.241 e. The quantitative estimate of drug-likeness (QED) is 0.606. The number of hydrogen-bond donors (Lipinski definition) is 0. The number of amides is 1. The van der Waals surface area contributed by atoms with E-state index in [-0.39, 0.29) is 17.6 Å². The molecule has 1 amide bonds. The molecule has 1 atom stereocenters. The second-order valence-electron chi connectivity index (χ2n) is 8.21. The third-order valence-electron chi connectivity index (χ3n) is 5.67.